The zero-order valence-electron chi connectivity index (χ0n) is 11.9. The summed E-state index contributed by atoms with van der Waals surface area (Å²) >= 11 is 1.76. The fourth-order valence-electron chi connectivity index (χ4n) is 2.37. The summed E-state index contributed by atoms with van der Waals surface area (Å²) in [6.07, 6.45) is 2.29. The molecule has 2 amide bonds. The van der Waals surface area contributed by atoms with Crippen molar-refractivity contribution in [3.05, 3.63) is 46.7 Å². The van der Waals surface area contributed by atoms with Gasteiger partial charge in [0.05, 0.1) is 7.11 Å². The van der Waals surface area contributed by atoms with E-state index >= 15 is 0 Å². The average Bonchev–Trinajstić information content (AvgIpc) is 3.09. The van der Waals surface area contributed by atoms with Gasteiger partial charge >= 0.3 is 6.03 Å². The van der Waals surface area contributed by atoms with Crippen LogP contribution >= 0.6 is 11.3 Å². The Morgan fingerprint density at radius 2 is 2.19 bits per heavy atom. The maximum atomic E-state index is 12.0. The normalized spacial score (nSPS) is 15.3. The monoisotopic (exact) mass is 302 g/mol. The Labute approximate surface area is 128 Å². The summed E-state index contributed by atoms with van der Waals surface area (Å²) in [6.45, 7) is 0.684. The van der Waals surface area contributed by atoms with Crippen LogP contribution in [0.2, 0.25) is 0 Å². The summed E-state index contributed by atoms with van der Waals surface area (Å²) < 4.78 is 5.14. The first kappa shape index (κ1) is 13.9. The number of ether oxygens (including phenoxy) is 1. The molecule has 0 bridgehead atoms. The van der Waals surface area contributed by atoms with Crippen molar-refractivity contribution in [2.75, 3.05) is 19.0 Å². The lowest BCUT2D eigenvalue weighted by atomic mass is 10.1. The number of hydrogen-bond donors (Lipinski definition) is 2. The van der Waals surface area contributed by atoms with E-state index in [1.54, 1.807) is 24.5 Å². The second-order valence-corrected chi connectivity index (χ2v) is 6.24. The summed E-state index contributed by atoms with van der Waals surface area (Å²) in [5.41, 5.74) is 0.896. The van der Waals surface area contributed by atoms with Gasteiger partial charge in [0.2, 0.25) is 0 Å². The van der Waals surface area contributed by atoms with Gasteiger partial charge in [0.15, 0.2) is 0 Å². The highest BCUT2D eigenvalue weighted by Crippen LogP contribution is 2.49. The number of nitrogens with one attached hydrogen (secondary N) is 2. The van der Waals surface area contributed by atoms with Gasteiger partial charge in [0.25, 0.3) is 0 Å². The Bertz CT molecular complexity index is 621. The number of anilines is 1. The summed E-state index contributed by atoms with van der Waals surface area (Å²) in [5, 5.41) is 7.90. The largest absolute Gasteiger partial charge is 0.497 e. The quantitative estimate of drug-likeness (QED) is 0.886. The smallest absolute Gasteiger partial charge is 0.319 e. The van der Waals surface area contributed by atoms with Gasteiger partial charge in [-0.2, -0.15) is 0 Å². The fourth-order valence-corrected chi connectivity index (χ4v) is 3.35. The second-order valence-electron chi connectivity index (χ2n) is 5.30. The molecule has 21 heavy (non-hydrogen) atoms. The molecule has 1 aromatic carbocycles. The van der Waals surface area contributed by atoms with Crippen molar-refractivity contribution in [3.8, 4) is 5.75 Å². The summed E-state index contributed by atoms with van der Waals surface area (Å²) in [4.78, 5) is 13.4. The number of carbonyl (C=O) groups excluding carboxylic acids is 1. The highest BCUT2D eigenvalue weighted by Gasteiger charge is 2.45. The van der Waals surface area contributed by atoms with E-state index in [4.69, 9.17) is 4.74 Å². The first-order valence-corrected chi connectivity index (χ1v) is 7.83. The van der Waals surface area contributed by atoms with Crippen LogP contribution in [0, 0.1) is 0 Å². The molecule has 0 saturated heterocycles. The predicted molar refractivity (Wildman–Crippen MR) is 85.2 cm³/mol. The van der Waals surface area contributed by atoms with Crippen LogP contribution in [0.5, 0.6) is 5.75 Å². The fraction of sp³-hybridized carbons (Fsp3) is 0.312. The number of urea groups is 1. The molecule has 1 aromatic heterocycles. The Morgan fingerprint density at radius 1 is 1.33 bits per heavy atom. The van der Waals surface area contributed by atoms with Crippen molar-refractivity contribution in [1.82, 2.24) is 5.32 Å². The molecule has 4 nitrogen and oxygen atoms in total. The van der Waals surface area contributed by atoms with Crippen LogP contribution in [0.15, 0.2) is 41.8 Å². The van der Waals surface area contributed by atoms with Crippen LogP contribution in [-0.4, -0.2) is 19.7 Å². The van der Waals surface area contributed by atoms with E-state index in [9.17, 15) is 4.79 Å². The molecule has 0 atom stereocenters. The number of amides is 2. The number of rotatable bonds is 5. The highest BCUT2D eigenvalue weighted by atomic mass is 32.1. The van der Waals surface area contributed by atoms with Crippen LogP contribution < -0.4 is 15.4 Å². The van der Waals surface area contributed by atoms with Crippen LogP contribution in [0.4, 0.5) is 10.5 Å². The lowest BCUT2D eigenvalue weighted by Gasteiger charge is -2.15. The molecule has 0 spiro atoms. The number of benzene rings is 1. The molecule has 3 rings (SSSR count). The van der Waals surface area contributed by atoms with Crippen LogP contribution in [-0.2, 0) is 5.41 Å². The molecule has 1 fully saturated rings. The van der Waals surface area contributed by atoms with E-state index in [1.165, 1.54) is 4.88 Å². The Hall–Kier alpha value is -2.01. The molecule has 0 aliphatic heterocycles. The molecule has 110 valence electrons. The molecule has 1 heterocycles. The first-order chi connectivity index (χ1) is 10.2. The molecule has 2 aromatic rings. The maximum absolute atomic E-state index is 12.0. The van der Waals surface area contributed by atoms with E-state index in [1.807, 2.05) is 18.2 Å². The third-order valence-corrected chi connectivity index (χ3v) is 4.93. The van der Waals surface area contributed by atoms with E-state index < -0.39 is 0 Å². The summed E-state index contributed by atoms with van der Waals surface area (Å²) in [5.74, 6) is 0.727. The molecular weight excluding hydrogens is 284 g/mol. The second kappa shape index (κ2) is 5.77. The van der Waals surface area contributed by atoms with Gasteiger partial charge in [-0.3, -0.25) is 0 Å². The number of methoxy groups -OCH3 is 1. The highest BCUT2D eigenvalue weighted by molar-refractivity contribution is 7.10. The van der Waals surface area contributed by atoms with Crippen LogP contribution in [0.25, 0.3) is 0 Å². The SMILES string of the molecule is COc1cccc(NC(=O)NCC2(c3cccs3)CC2)c1. The lowest BCUT2D eigenvalue weighted by molar-refractivity contribution is 0.251. The first-order valence-electron chi connectivity index (χ1n) is 6.95. The molecule has 1 aliphatic rings. The third kappa shape index (κ3) is 3.19. The number of carbonyl (C=O) groups is 1. The van der Waals surface area contributed by atoms with Gasteiger partial charge in [-0.15, -0.1) is 11.3 Å². The van der Waals surface area contributed by atoms with E-state index in [0.717, 1.165) is 24.3 Å². The minimum Gasteiger partial charge on any atom is -0.497 e. The average molecular weight is 302 g/mol. The van der Waals surface area contributed by atoms with Crippen molar-refractivity contribution in [2.24, 2.45) is 0 Å². The minimum atomic E-state index is -0.175. The van der Waals surface area contributed by atoms with Crippen molar-refractivity contribution < 1.29 is 9.53 Å². The molecule has 1 saturated carbocycles. The summed E-state index contributed by atoms with van der Waals surface area (Å²) in [6, 6.07) is 11.4. The maximum Gasteiger partial charge on any atom is 0.319 e. The molecular formula is C16H18N2O2S. The van der Waals surface area contributed by atoms with Crippen molar-refractivity contribution in [3.63, 3.8) is 0 Å². The molecule has 0 unspecified atom stereocenters. The zero-order chi connectivity index (χ0) is 14.7. The van der Waals surface area contributed by atoms with Crippen LogP contribution in [0.3, 0.4) is 0 Å². The lowest BCUT2D eigenvalue weighted by Crippen LogP contribution is -2.35. The Balaban J connectivity index is 1.55. The van der Waals surface area contributed by atoms with Gasteiger partial charge in [-0.1, -0.05) is 12.1 Å². The Morgan fingerprint density at radius 3 is 2.86 bits per heavy atom. The van der Waals surface area contributed by atoms with Gasteiger partial charge in [-0.25, -0.2) is 4.79 Å². The predicted octanol–water partition coefficient (Wildman–Crippen LogP) is 3.61. The van der Waals surface area contributed by atoms with Gasteiger partial charge in [0, 0.05) is 28.6 Å². The van der Waals surface area contributed by atoms with Gasteiger partial charge in [-0.05, 0) is 36.4 Å². The molecule has 1 aliphatic carbocycles. The van der Waals surface area contributed by atoms with E-state index in [2.05, 4.69) is 28.1 Å². The Kier molecular flexibility index (Phi) is 3.84. The number of hydrogen-bond acceptors (Lipinski definition) is 3. The van der Waals surface area contributed by atoms with Crippen LogP contribution in [0.1, 0.15) is 17.7 Å². The zero-order valence-corrected chi connectivity index (χ0v) is 12.7. The van der Waals surface area contributed by atoms with E-state index in [-0.39, 0.29) is 11.4 Å². The molecule has 2 N–H and O–H groups in total. The van der Waals surface area contributed by atoms with Crippen molar-refractivity contribution >= 4 is 23.1 Å². The van der Waals surface area contributed by atoms with Gasteiger partial charge in [0.1, 0.15) is 5.75 Å². The third-order valence-electron chi connectivity index (χ3n) is 3.81. The standard InChI is InChI=1S/C16H18N2O2S/c1-20-13-5-2-4-12(10-13)18-15(19)17-11-16(7-8-16)14-6-3-9-21-14/h2-6,9-10H,7-8,11H2,1H3,(H2,17,18,19). The molecule has 0 radical (unpaired) electrons. The number of thiophene rings is 1. The van der Waals surface area contributed by atoms with E-state index in [0.29, 0.717) is 6.54 Å². The van der Waals surface area contributed by atoms with Crippen molar-refractivity contribution in [2.45, 2.75) is 18.3 Å². The molecule has 5 heteroatoms. The summed E-state index contributed by atoms with van der Waals surface area (Å²) in [7, 11) is 1.61. The minimum absolute atomic E-state index is 0.167. The van der Waals surface area contributed by atoms with Gasteiger partial charge < -0.3 is 15.4 Å². The topological polar surface area (TPSA) is 50.4 Å². The van der Waals surface area contributed by atoms with Crippen molar-refractivity contribution in [1.29, 1.82) is 0 Å².